The van der Waals surface area contributed by atoms with Crippen LogP contribution in [-0.2, 0) is 20.7 Å². The van der Waals surface area contributed by atoms with Crippen LogP contribution >= 0.6 is 0 Å². The highest BCUT2D eigenvalue weighted by Gasteiger charge is 2.55. The van der Waals surface area contributed by atoms with Gasteiger partial charge in [-0.25, -0.2) is 4.79 Å². The topological polar surface area (TPSA) is 196 Å². The number of rotatable bonds is 9. The number of benzene rings is 2. The summed E-state index contributed by atoms with van der Waals surface area (Å²) in [6, 6.07) is 9.85. The Kier molecular flexibility index (Phi) is 8.50. The second-order valence-electron chi connectivity index (χ2n) is 11.0. The number of hydrogen-bond donors (Lipinski definition) is 6. The maximum Gasteiger partial charge on any atom is 0.411 e. The Balaban J connectivity index is 1.72. The van der Waals surface area contributed by atoms with Crippen molar-refractivity contribution < 1.29 is 44.3 Å². The number of Topliss-reactive ketones (excluding diaryl/α,β-unsaturated/α-hetero) is 2. The molecule has 2 aromatic carbocycles. The number of phenols is 1. The lowest BCUT2D eigenvalue weighted by Crippen LogP contribution is -2.54. The number of phenolic OH excluding ortho intramolecular Hbond substituents is 1. The normalized spacial score (nSPS) is 21.7. The van der Waals surface area contributed by atoms with E-state index in [1.54, 1.807) is 30.3 Å². The third-order valence-electron chi connectivity index (χ3n) is 7.62. The lowest BCUT2D eigenvalue weighted by atomic mass is 9.62. The molecule has 0 aliphatic heterocycles. The first-order valence-electron chi connectivity index (χ1n) is 13.4. The molecule has 0 unspecified atom stereocenters. The van der Waals surface area contributed by atoms with Crippen LogP contribution in [0.5, 0.6) is 5.75 Å². The summed E-state index contributed by atoms with van der Waals surface area (Å²) in [6.07, 6.45) is -1.27. The Labute approximate surface area is 236 Å². The Bertz CT molecular complexity index is 1410. The number of nitrogens with two attached hydrogens (primary N) is 1. The lowest BCUT2D eigenvalue weighted by molar-refractivity contribution is -0.147. The van der Waals surface area contributed by atoms with Gasteiger partial charge in [-0.15, -0.1) is 0 Å². The molecule has 11 heteroatoms. The van der Waals surface area contributed by atoms with E-state index in [-0.39, 0.29) is 48.7 Å². The molecule has 41 heavy (non-hydrogen) atoms. The second kappa shape index (κ2) is 11.7. The van der Waals surface area contributed by atoms with Gasteiger partial charge in [-0.1, -0.05) is 32.0 Å². The molecule has 3 atom stereocenters. The number of aliphatic hydroxyl groups is 3. The first kappa shape index (κ1) is 29.8. The molecule has 0 fully saturated rings. The SMILES string of the molecule is CC(C)COC(=O)Nc1ccc(-c2ccc(O)c3c2C[C@H]2C[C@@H](CCO)[C@@](O)(C(=O)CC(N)=O)C(O)=C2C3=O)cc1. The fraction of sp³-hybridized carbons (Fsp3) is 0.400. The van der Waals surface area contributed by atoms with Crippen molar-refractivity contribution in [2.75, 3.05) is 18.5 Å². The van der Waals surface area contributed by atoms with Crippen LogP contribution in [0.4, 0.5) is 10.5 Å². The van der Waals surface area contributed by atoms with Crippen molar-refractivity contribution in [3.63, 3.8) is 0 Å². The van der Waals surface area contributed by atoms with Crippen LogP contribution in [0.25, 0.3) is 11.1 Å². The summed E-state index contributed by atoms with van der Waals surface area (Å²) in [5.41, 5.74) is 4.65. The molecule has 11 nitrogen and oxygen atoms in total. The van der Waals surface area contributed by atoms with Gasteiger partial charge in [0.2, 0.25) is 5.91 Å². The summed E-state index contributed by atoms with van der Waals surface area (Å²) in [5.74, 6) is -5.45. The van der Waals surface area contributed by atoms with Gasteiger partial charge in [-0.05, 0) is 66.0 Å². The smallest absolute Gasteiger partial charge is 0.411 e. The maximum atomic E-state index is 13.7. The van der Waals surface area contributed by atoms with Crippen molar-refractivity contribution in [3.05, 3.63) is 58.9 Å². The highest BCUT2D eigenvalue weighted by Crippen LogP contribution is 2.50. The quantitative estimate of drug-likeness (QED) is 0.247. The number of nitrogens with one attached hydrogen (secondary N) is 1. The van der Waals surface area contributed by atoms with Crippen LogP contribution in [0, 0.1) is 17.8 Å². The molecule has 0 bridgehead atoms. The average Bonchev–Trinajstić information content (AvgIpc) is 2.90. The number of ether oxygens (including phenoxy) is 1. The largest absolute Gasteiger partial charge is 0.508 e. The van der Waals surface area contributed by atoms with E-state index in [0.717, 1.165) is 0 Å². The molecule has 0 aromatic heterocycles. The standard InChI is InChI=1S/C30H34N2O9/c1-15(2)14-41-29(39)32-19-5-3-16(4-6-19)20-7-8-22(34)26-21(20)12-17-11-18(9-10-33)30(40,23(35)13-24(31)36)28(38)25(17)27(26)37/h3-8,15,17-18,33-34,38,40H,9-14H2,1-2H3,(H2,31,36)(H,32,39)/t17-,18-,30-/m1/s1. The number of aromatic hydroxyl groups is 1. The van der Waals surface area contributed by atoms with Crippen LogP contribution in [0.3, 0.4) is 0 Å². The molecule has 2 amide bonds. The zero-order chi connectivity index (χ0) is 30.1. The number of anilines is 1. The van der Waals surface area contributed by atoms with Gasteiger partial charge in [0.15, 0.2) is 17.2 Å². The first-order valence-corrected chi connectivity index (χ1v) is 13.4. The van der Waals surface area contributed by atoms with Gasteiger partial charge < -0.3 is 30.9 Å². The number of primary amides is 1. The van der Waals surface area contributed by atoms with Crippen LogP contribution in [-0.4, -0.2) is 62.8 Å². The highest BCUT2D eigenvalue weighted by atomic mass is 16.5. The molecule has 4 rings (SSSR count). The number of carbonyl (C=O) groups is 4. The van der Waals surface area contributed by atoms with E-state index in [2.05, 4.69) is 5.32 Å². The number of amides is 2. The van der Waals surface area contributed by atoms with Crippen molar-refractivity contribution in [1.29, 1.82) is 0 Å². The molecule has 0 heterocycles. The second-order valence-corrected chi connectivity index (χ2v) is 11.0. The third kappa shape index (κ3) is 5.68. The molecular weight excluding hydrogens is 532 g/mol. The minimum Gasteiger partial charge on any atom is -0.508 e. The van der Waals surface area contributed by atoms with Gasteiger partial charge in [0.05, 0.1) is 18.6 Å². The van der Waals surface area contributed by atoms with E-state index < -0.39 is 59.8 Å². The van der Waals surface area contributed by atoms with Crippen LogP contribution in [0.15, 0.2) is 47.7 Å². The summed E-state index contributed by atoms with van der Waals surface area (Å²) in [4.78, 5) is 50.1. The van der Waals surface area contributed by atoms with Gasteiger partial charge in [-0.3, -0.25) is 19.7 Å². The molecule has 2 aliphatic carbocycles. The predicted molar refractivity (Wildman–Crippen MR) is 148 cm³/mol. The average molecular weight is 567 g/mol. The molecular formula is C30H34N2O9. The van der Waals surface area contributed by atoms with E-state index in [1.165, 1.54) is 6.07 Å². The molecule has 2 aromatic rings. The molecule has 0 spiro atoms. The monoisotopic (exact) mass is 566 g/mol. The Hall–Kier alpha value is -4.22. The summed E-state index contributed by atoms with van der Waals surface area (Å²) in [7, 11) is 0. The maximum absolute atomic E-state index is 13.7. The molecule has 0 saturated heterocycles. The number of hydrogen-bond acceptors (Lipinski definition) is 9. The number of ketones is 2. The van der Waals surface area contributed by atoms with Crippen LogP contribution in [0.2, 0.25) is 0 Å². The molecule has 0 saturated carbocycles. The van der Waals surface area contributed by atoms with Gasteiger partial charge in [-0.2, -0.15) is 0 Å². The Morgan fingerprint density at radius 1 is 1.12 bits per heavy atom. The van der Waals surface area contributed by atoms with Gasteiger partial charge >= 0.3 is 6.09 Å². The minimum atomic E-state index is -2.58. The molecule has 0 radical (unpaired) electrons. The third-order valence-corrected chi connectivity index (χ3v) is 7.62. The lowest BCUT2D eigenvalue weighted by Gasteiger charge is -2.43. The van der Waals surface area contributed by atoms with Crippen molar-refractivity contribution >= 4 is 29.3 Å². The summed E-state index contributed by atoms with van der Waals surface area (Å²) >= 11 is 0. The van der Waals surface area contributed by atoms with Crippen molar-refractivity contribution in [2.45, 2.75) is 45.1 Å². The molecule has 2 aliphatic rings. The van der Waals surface area contributed by atoms with E-state index in [4.69, 9.17) is 10.5 Å². The van der Waals surface area contributed by atoms with E-state index in [1.807, 2.05) is 13.8 Å². The number of fused-ring (bicyclic) bond motifs is 2. The zero-order valence-corrected chi connectivity index (χ0v) is 22.8. The predicted octanol–water partition coefficient (Wildman–Crippen LogP) is 3.01. The van der Waals surface area contributed by atoms with Crippen molar-refractivity contribution in [3.8, 4) is 16.9 Å². The van der Waals surface area contributed by atoms with Crippen molar-refractivity contribution in [2.24, 2.45) is 23.5 Å². The van der Waals surface area contributed by atoms with Gasteiger partial charge in [0, 0.05) is 23.8 Å². The van der Waals surface area contributed by atoms with Gasteiger partial charge in [0.1, 0.15) is 11.5 Å². The summed E-state index contributed by atoms with van der Waals surface area (Å²) in [5, 5.41) is 45.5. The molecule has 218 valence electrons. The molecule has 7 N–H and O–H groups in total. The fourth-order valence-electron chi connectivity index (χ4n) is 5.72. The van der Waals surface area contributed by atoms with E-state index in [0.29, 0.717) is 22.4 Å². The zero-order valence-electron chi connectivity index (χ0n) is 22.8. The van der Waals surface area contributed by atoms with Crippen LogP contribution < -0.4 is 11.1 Å². The number of carbonyl (C=O) groups excluding carboxylic acids is 4. The van der Waals surface area contributed by atoms with Crippen molar-refractivity contribution in [1.82, 2.24) is 0 Å². The summed E-state index contributed by atoms with van der Waals surface area (Å²) < 4.78 is 5.14. The summed E-state index contributed by atoms with van der Waals surface area (Å²) in [6.45, 7) is 3.72. The fourth-order valence-corrected chi connectivity index (χ4v) is 5.72. The minimum absolute atomic E-state index is 0.0581. The van der Waals surface area contributed by atoms with Gasteiger partial charge in [0.25, 0.3) is 0 Å². The number of allylic oxidation sites excluding steroid dienone is 1. The Morgan fingerprint density at radius 2 is 1.80 bits per heavy atom. The van der Waals surface area contributed by atoms with Crippen LogP contribution in [0.1, 0.15) is 49.0 Å². The first-order chi connectivity index (χ1) is 19.4. The van der Waals surface area contributed by atoms with E-state index in [9.17, 15) is 39.6 Å². The van der Waals surface area contributed by atoms with E-state index >= 15 is 0 Å². The Morgan fingerprint density at radius 3 is 2.41 bits per heavy atom. The highest BCUT2D eigenvalue weighted by molar-refractivity contribution is 6.15. The number of aliphatic hydroxyl groups excluding tert-OH is 2.